The highest BCUT2D eigenvalue weighted by Gasteiger charge is 2.19. The van der Waals surface area contributed by atoms with Crippen molar-refractivity contribution in [2.45, 2.75) is 0 Å². The predicted octanol–water partition coefficient (Wildman–Crippen LogP) is 1.71. The van der Waals surface area contributed by atoms with E-state index >= 15 is 0 Å². The molecule has 16 heavy (non-hydrogen) atoms. The van der Waals surface area contributed by atoms with Crippen molar-refractivity contribution in [2.75, 3.05) is 7.05 Å². The monoisotopic (exact) mass is 225 g/mol. The van der Waals surface area contributed by atoms with Crippen molar-refractivity contribution in [2.24, 2.45) is 5.29 Å². The van der Waals surface area contributed by atoms with Crippen LogP contribution in [0.4, 0.5) is 10.5 Å². The van der Waals surface area contributed by atoms with Gasteiger partial charge in [0.15, 0.2) is 0 Å². The number of hydrogen-bond donors (Lipinski definition) is 0. The Labute approximate surface area is 89.5 Å². The minimum Gasteiger partial charge on any atom is -0.401 e. The maximum absolute atomic E-state index is 11.1. The average Bonchev–Trinajstić information content (AvgIpc) is 2.28. The lowest BCUT2D eigenvalue weighted by atomic mass is 10.3. The van der Waals surface area contributed by atoms with Gasteiger partial charge in [-0.25, -0.2) is 4.79 Å². The average molecular weight is 225 g/mol. The number of carbonyl (C=O) groups is 1. The predicted molar refractivity (Wildman–Crippen MR) is 52.7 cm³/mol. The molecule has 0 fully saturated rings. The summed E-state index contributed by atoms with van der Waals surface area (Å²) in [5, 5.41) is 13.2. The fourth-order valence-electron chi connectivity index (χ4n) is 0.888. The molecule has 0 aliphatic carbocycles. The van der Waals surface area contributed by atoms with E-state index in [-0.39, 0.29) is 11.4 Å². The smallest absolute Gasteiger partial charge is 0.401 e. The van der Waals surface area contributed by atoms with Gasteiger partial charge in [-0.3, -0.25) is 10.1 Å². The van der Waals surface area contributed by atoms with E-state index in [2.05, 4.69) is 10.0 Å². The molecular formula is C8H7N3O5. The maximum Gasteiger partial charge on any atom is 0.438 e. The summed E-state index contributed by atoms with van der Waals surface area (Å²) in [5.74, 6) is -0.243. The van der Waals surface area contributed by atoms with Crippen LogP contribution in [-0.2, 0) is 0 Å². The lowest BCUT2D eigenvalue weighted by Gasteiger charge is -2.07. The van der Waals surface area contributed by atoms with E-state index in [1.807, 2.05) is 0 Å². The van der Waals surface area contributed by atoms with E-state index in [0.29, 0.717) is 5.01 Å². The molecular weight excluding hydrogens is 218 g/mol. The number of nitro benzene ring substituents is 1. The number of amides is 1. The number of benzene rings is 1. The first-order chi connectivity index (χ1) is 7.56. The van der Waals surface area contributed by atoms with E-state index in [4.69, 9.17) is 0 Å². The van der Waals surface area contributed by atoms with Gasteiger partial charge in [0.05, 0.1) is 10.2 Å². The molecule has 0 radical (unpaired) electrons. The Hall–Kier alpha value is -2.51. The Morgan fingerprint density at radius 2 is 2.12 bits per heavy atom. The molecule has 1 amide bonds. The zero-order chi connectivity index (χ0) is 12.1. The van der Waals surface area contributed by atoms with Crippen LogP contribution in [0.15, 0.2) is 29.6 Å². The normalized spacial score (nSPS) is 9.31. The van der Waals surface area contributed by atoms with Crippen molar-refractivity contribution in [1.29, 1.82) is 0 Å². The molecule has 0 N–H and O–H groups in total. The van der Waals surface area contributed by atoms with Gasteiger partial charge in [-0.1, -0.05) is 12.1 Å². The first-order valence-electron chi connectivity index (χ1n) is 4.08. The highest BCUT2D eigenvalue weighted by Crippen LogP contribution is 2.26. The summed E-state index contributed by atoms with van der Waals surface area (Å²) in [4.78, 5) is 31.0. The van der Waals surface area contributed by atoms with Crippen LogP contribution in [-0.4, -0.2) is 23.1 Å². The maximum atomic E-state index is 11.1. The van der Waals surface area contributed by atoms with Crippen molar-refractivity contribution >= 4 is 11.8 Å². The molecule has 0 spiro atoms. The first-order valence-corrected chi connectivity index (χ1v) is 4.08. The fraction of sp³-hybridized carbons (Fsp3) is 0.125. The summed E-state index contributed by atoms with van der Waals surface area (Å²) in [6.07, 6.45) is -1.09. The van der Waals surface area contributed by atoms with Gasteiger partial charge in [0, 0.05) is 13.1 Å². The van der Waals surface area contributed by atoms with Gasteiger partial charge in [0.1, 0.15) is 0 Å². The van der Waals surface area contributed by atoms with Crippen molar-refractivity contribution in [1.82, 2.24) is 5.01 Å². The van der Waals surface area contributed by atoms with Crippen molar-refractivity contribution < 1.29 is 14.5 Å². The Morgan fingerprint density at radius 3 is 2.69 bits per heavy atom. The van der Waals surface area contributed by atoms with Crippen molar-refractivity contribution in [3.05, 3.63) is 39.3 Å². The zero-order valence-electron chi connectivity index (χ0n) is 8.19. The van der Waals surface area contributed by atoms with Crippen LogP contribution in [0.3, 0.4) is 0 Å². The summed E-state index contributed by atoms with van der Waals surface area (Å²) in [7, 11) is 1.07. The molecule has 0 unspecified atom stereocenters. The van der Waals surface area contributed by atoms with E-state index in [9.17, 15) is 19.8 Å². The molecule has 0 aliphatic heterocycles. The summed E-state index contributed by atoms with van der Waals surface area (Å²) in [5.41, 5.74) is -0.366. The van der Waals surface area contributed by atoms with E-state index < -0.39 is 11.0 Å². The van der Waals surface area contributed by atoms with Crippen LogP contribution in [0, 0.1) is 15.0 Å². The SMILES string of the molecule is CN(N=O)C(=O)Oc1ccccc1[N+](=O)[O-]. The van der Waals surface area contributed by atoms with E-state index in [1.165, 1.54) is 24.3 Å². The quantitative estimate of drug-likeness (QED) is 0.442. The topological polar surface area (TPSA) is 102 Å². The number of nitroso groups, excluding NO2 is 1. The summed E-state index contributed by atoms with van der Waals surface area (Å²) >= 11 is 0. The van der Waals surface area contributed by atoms with Gasteiger partial charge in [0.25, 0.3) is 0 Å². The van der Waals surface area contributed by atoms with Crippen molar-refractivity contribution in [3.63, 3.8) is 0 Å². The van der Waals surface area contributed by atoms with Crippen LogP contribution >= 0.6 is 0 Å². The second-order valence-corrected chi connectivity index (χ2v) is 2.70. The number of para-hydroxylation sites is 2. The van der Waals surface area contributed by atoms with Crippen LogP contribution in [0.1, 0.15) is 0 Å². The van der Waals surface area contributed by atoms with Gasteiger partial charge >= 0.3 is 11.8 Å². The number of ether oxygens (including phenoxy) is 1. The molecule has 8 heteroatoms. The minimum atomic E-state index is -1.09. The van der Waals surface area contributed by atoms with Gasteiger partial charge in [-0.05, 0) is 6.07 Å². The molecule has 0 saturated heterocycles. The van der Waals surface area contributed by atoms with Gasteiger partial charge < -0.3 is 4.74 Å². The van der Waals surface area contributed by atoms with E-state index in [0.717, 1.165) is 7.05 Å². The van der Waals surface area contributed by atoms with E-state index in [1.54, 1.807) is 0 Å². The first kappa shape index (κ1) is 11.6. The highest BCUT2D eigenvalue weighted by molar-refractivity contribution is 5.71. The zero-order valence-corrected chi connectivity index (χ0v) is 8.19. The number of nitrogens with zero attached hydrogens (tertiary/aromatic N) is 3. The molecule has 0 atom stereocenters. The largest absolute Gasteiger partial charge is 0.438 e. The van der Waals surface area contributed by atoms with Crippen LogP contribution in [0.5, 0.6) is 5.75 Å². The molecule has 1 aromatic rings. The number of nitro groups is 1. The lowest BCUT2D eigenvalue weighted by molar-refractivity contribution is -0.385. The molecule has 0 heterocycles. The lowest BCUT2D eigenvalue weighted by Crippen LogP contribution is -2.24. The third kappa shape index (κ3) is 2.50. The fourth-order valence-corrected chi connectivity index (χ4v) is 0.888. The van der Waals surface area contributed by atoms with Crippen molar-refractivity contribution in [3.8, 4) is 5.75 Å². The van der Waals surface area contributed by atoms with Gasteiger partial charge in [0.2, 0.25) is 5.75 Å². The Balaban J connectivity index is 2.93. The third-order valence-electron chi connectivity index (χ3n) is 1.65. The molecule has 0 aliphatic rings. The Morgan fingerprint density at radius 1 is 1.50 bits per heavy atom. The second kappa shape index (κ2) is 4.82. The Kier molecular flexibility index (Phi) is 3.49. The minimum absolute atomic E-state index is 0.243. The number of carbonyl (C=O) groups excluding carboxylic acids is 1. The molecule has 0 saturated carbocycles. The van der Waals surface area contributed by atoms with Crippen LogP contribution in [0.25, 0.3) is 0 Å². The number of hydrogen-bond acceptors (Lipinski definition) is 6. The second-order valence-electron chi connectivity index (χ2n) is 2.70. The van der Waals surface area contributed by atoms with Crippen LogP contribution in [0.2, 0.25) is 0 Å². The summed E-state index contributed by atoms with van der Waals surface area (Å²) in [6, 6.07) is 5.31. The molecule has 0 bridgehead atoms. The molecule has 1 aromatic carbocycles. The van der Waals surface area contributed by atoms with Gasteiger partial charge in [-0.2, -0.15) is 5.01 Å². The molecule has 84 valence electrons. The molecule has 1 rings (SSSR count). The Bertz CT molecular complexity index is 433. The third-order valence-corrected chi connectivity index (χ3v) is 1.65. The summed E-state index contributed by atoms with van der Waals surface area (Å²) in [6.45, 7) is 0. The van der Waals surface area contributed by atoms with Gasteiger partial charge in [-0.15, -0.1) is 4.91 Å². The molecule has 8 nitrogen and oxygen atoms in total. The summed E-state index contributed by atoms with van der Waals surface area (Å²) < 4.78 is 4.61. The van der Waals surface area contributed by atoms with Crippen LogP contribution < -0.4 is 4.74 Å². The highest BCUT2D eigenvalue weighted by atomic mass is 16.6. The molecule has 0 aromatic heterocycles. The number of rotatable bonds is 3. The standard InChI is InChI=1S/C8H7N3O5/c1-10(9-13)8(12)16-7-5-3-2-4-6(7)11(14)15/h2-5H,1H3.